The molecule has 1 aromatic heterocycles. The molecule has 0 bridgehead atoms. The molecule has 1 aliphatic rings. The smallest absolute Gasteiger partial charge is 0.231 e. The Balaban J connectivity index is 1.66. The van der Waals surface area contributed by atoms with Gasteiger partial charge in [-0.15, -0.1) is 0 Å². The molecule has 1 aliphatic heterocycles. The monoisotopic (exact) mass is 401 g/mol. The molecule has 3 aromatic carbocycles. The summed E-state index contributed by atoms with van der Waals surface area (Å²) in [5.74, 6) is 2.97. The van der Waals surface area contributed by atoms with Gasteiger partial charge in [0.2, 0.25) is 6.79 Å². The first-order valence-electron chi connectivity index (χ1n) is 9.64. The first-order chi connectivity index (χ1) is 14.7. The predicted molar refractivity (Wildman–Crippen MR) is 112 cm³/mol. The van der Waals surface area contributed by atoms with Crippen LogP contribution in [0.3, 0.4) is 0 Å². The van der Waals surface area contributed by atoms with Gasteiger partial charge in [0.25, 0.3) is 0 Å². The number of hydrogen-bond acceptors (Lipinski definition) is 6. The van der Waals surface area contributed by atoms with Crippen molar-refractivity contribution in [2.75, 3.05) is 13.4 Å². The minimum Gasteiger partial charge on any atom is -0.508 e. The van der Waals surface area contributed by atoms with E-state index < -0.39 is 0 Å². The molecule has 1 N–H and O–H groups in total. The summed E-state index contributed by atoms with van der Waals surface area (Å²) in [5, 5.41) is 11.4. The maximum atomic E-state index is 9.98. The van der Waals surface area contributed by atoms with E-state index in [2.05, 4.69) is 0 Å². The van der Waals surface area contributed by atoms with E-state index in [1.807, 2.05) is 55.5 Å². The normalized spacial score (nSPS) is 13.0. The van der Waals surface area contributed by atoms with Crippen LogP contribution < -0.4 is 19.6 Å². The molecule has 150 valence electrons. The molecule has 0 spiro atoms. The third-order valence-corrected chi connectivity index (χ3v) is 4.78. The first-order valence-corrected chi connectivity index (χ1v) is 9.64. The zero-order chi connectivity index (χ0) is 20.5. The van der Waals surface area contributed by atoms with Crippen molar-refractivity contribution in [2.24, 2.45) is 4.99 Å². The van der Waals surface area contributed by atoms with Crippen LogP contribution in [0.5, 0.6) is 23.0 Å². The Morgan fingerprint density at radius 1 is 0.933 bits per heavy atom. The number of phenolic OH excluding ortho intramolecular Hbond substituents is 1. The standard InChI is InChI=1S/C24H19NO5/c1-2-27-18-7-4-16(5-8-18)25-20-13-23(30-21-10-6-17(26)12-19(20)21)15-3-9-22-24(11-15)29-14-28-22/h3-13,26H,2,14H2,1H3. The zero-order valence-electron chi connectivity index (χ0n) is 16.3. The molecule has 6 nitrogen and oxygen atoms in total. The molecule has 0 unspecified atom stereocenters. The molecule has 4 aromatic rings. The highest BCUT2D eigenvalue weighted by molar-refractivity contribution is 5.80. The summed E-state index contributed by atoms with van der Waals surface area (Å²) in [6.07, 6.45) is 0. The highest BCUT2D eigenvalue weighted by atomic mass is 16.7. The average Bonchev–Trinajstić information content (AvgIpc) is 3.23. The number of fused-ring (bicyclic) bond motifs is 2. The summed E-state index contributed by atoms with van der Waals surface area (Å²) in [6.45, 7) is 2.77. The lowest BCUT2D eigenvalue weighted by Gasteiger charge is -2.07. The molecule has 30 heavy (non-hydrogen) atoms. The molecule has 0 radical (unpaired) electrons. The number of ether oxygens (including phenoxy) is 3. The van der Waals surface area contributed by atoms with Crippen LogP contribution in [0.4, 0.5) is 5.69 Å². The highest BCUT2D eigenvalue weighted by Crippen LogP contribution is 2.36. The summed E-state index contributed by atoms with van der Waals surface area (Å²) in [7, 11) is 0. The van der Waals surface area contributed by atoms with Gasteiger partial charge in [-0.25, -0.2) is 4.99 Å². The maximum absolute atomic E-state index is 9.98. The van der Waals surface area contributed by atoms with Crippen molar-refractivity contribution in [1.29, 1.82) is 0 Å². The van der Waals surface area contributed by atoms with Gasteiger partial charge in [0.1, 0.15) is 22.8 Å². The summed E-state index contributed by atoms with van der Waals surface area (Å²) < 4.78 is 22.5. The van der Waals surface area contributed by atoms with Crippen molar-refractivity contribution in [1.82, 2.24) is 0 Å². The predicted octanol–water partition coefficient (Wildman–Crippen LogP) is 5.17. The minimum absolute atomic E-state index is 0.150. The molecule has 5 rings (SSSR count). The Kier molecular flexibility index (Phi) is 4.52. The van der Waals surface area contributed by atoms with Gasteiger partial charge < -0.3 is 23.7 Å². The highest BCUT2D eigenvalue weighted by Gasteiger charge is 2.15. The van der Waals surface area contributed by atoms with Crippen LogP contribution in [0.15, 0.2) is 76.1 Å². The van der Waals surface area contributed by atoms with Gasteiger partial charge in [0.15, 0.2) is 11.5 Å². The third-order valence-electron chi connectivity index (χ3n) is 4.78. The Labute approximate surface area is 172 Å². The van der Waals surface area contributed by atoms with E-state index in [0.29, 0.717) is 40.2 Å². The van der Waals surface area contributed by atoms with Crippen molar-refractivity contribution < 1.29 is 23.7 Å². The molecular formula is C24H19NO5. The fourth-order valence-corrected chi connectivity index (χ4v) is 3.36. The van der Waals surface area contributed by atoms with Crippen molar-refractivity contribution in [3.8, 4) is 34.3 Å². The number of phenols is 1. The van der Waals surface area contributed by atoms with Crippen LogP contribution in [0.1, 0.15) is 6.92 Å². The third kappa shape index (κ3) is 3.43. The Hall–Kier alpha value is -3.93. The number of nitrogens with zero attached hydrogens (tertiary/aromatic N) is 1. The van der Waals surface area contributed by atoms with Crippen molar-refractivity contribution in [3.05, 3.63) is 72.1 Å². The van der Waals surface area contributed by atoms with E-state index >= 15 is 0 Å². The van der Waals surface area contributed by atoms with Gasteiger partial charge in [-0.05, 0) is 67.6 Å². The largest absolute Gasteiger partial charge is 0.508 e. The molecule has 0 atom stereocenters. The van der Waals surface area contributed by atoms with Crippen LogP contribution in [0.2, 0.25) is 0 Å². The summed E-state index contributed by atoms with van der Waals surface area (Å²) in [5.41, 5.74) is 2.23. The molecular weight excluding hydrogens is 382 g/mol. The van der Waals surface area contributed by atoms with Gasteiger partial charge in [-0.1, -0.05) is 0 Å². The lowest BCUT2D eigenvalue weighted by molar-refractivity contribution is 0.174. The molecule has 0 saturated heterocycles. The van der Waals surface area contributed by atoms with E-state index in [1.165, 1.54) is 0 Å². The van der Waals surface area contributed by atoms with Crippen molar-refractivity contribution in [3.63, 3.8) is 0 Å². The van der Waals surface area contributed by atoms with Gasteiger partial charge in [-0.3, -0.25) is 0 Å². The van der Waals surface area contributed by atoms with E-state index in [1.54, 1.807) is 18.2 Å². The van der Waals surface area contributed by atoms with Gasteiger partial charge in [0, 0.05) is 17.0 Å². The lowest BCUT2D eigenvalue weighted by atomic mass is 10.1. The van der Waals surface area contributed by atoms with Gasteiger partial charge in [-0.2, -0.15) is 0 Å². The van der Waals surface area contributed by atoms with Crippen LogP contribution in [-0.2, 0) is 0 Å². The van der Waals surface area contributed by atoms with Crippen LogP contribution in [0.25, 0.3) is 22.3 Å². The quantitative estimate of drug-likeness (QED) is 0.511. The van der Waals surface area contributed by atoms with Crippen molar-refractivity contribution >= 4 is 16.7 Å². The Morgan fingerprint density at radius 3 is 2.60 bits per heavy atom. The average molecular weight is 401 g/mol. The molecule has 0 saturated carbocycles. The Morgan fingerprint density at radius 2 is 1.77 bits per heavy atom. The number of rotatable bonds is 4. The fraction of sp³-hybridized carbons (Fsp3) is 0.125. The number of hydrogen-bond donors (Lipinski definition) is 1. The second-order valence-electron chi connectivity index (χ2n) is 6.78. The topological polar surface area (TPSA) is 73.4 Å². The molecule has 0 aliphatic carbocycles. The Bertz CT molecular complexity index is 1290. The van der Waals surface area contributed by atoms with Crippen LogP contribution in [0, 0.1) is 0 Å². The van der Waals surface area contributed by atoms with Gasteiger partial charge >= 0.3 is 0 Å². The SMILES string of the molecule is CCOc1ccc(N=c2cc(-c3ccc4c(c3)OCO4)oc3ccc(O)cc23)cc1. The van der Waals surface area contributed by atoms with Crippen LogP contribution >= 0.6 is 0 Å². The summed E-state index contributed by atoms with van der Waals surface area (Å²) in [6, 6.07) is 20.0. The fourth-order valence-electron chi connectivity index (χ4n) is 3.36. The minimum atomic E-state index is 0.150. The molecule has 6 heteroatoms. The van der Waals surface area contributed by atoms with E-state index in [9.17, 15) is 5.11 Å². The zero-order valence-corrected chi connectivity index (χ0v) is 16.3. The molecule has 0 amide bonds. The van der Waals surface area contributed by atoms with Crippen LogP contribution in [-0.4, -0.2) is 18.5 Å². The van der Waals surface area contributed by atoms with Gasteiger partial charge in [0.05, 0.1) is 17.7 Å². The maximum Gasteiger partial charge on any atom is 0.231 e. The molecule has 0 fully saturated rings. The van der Waals surface area contributed by atoms with Crippen molar-refractivity contribution in [2.45, 2.75) is 6.92 Å². The summed E-state index contributed by atoms with van der Waals surface area (Å²) >= 11 is 0. The van der Waals surface area contributed by atoms with E-state index in [4.69, 9.17) is 23.6 Å². The first kappa shape index (κ1) is 18.1. The lowest BCUT2D eigenvalue weighted by Crippen LogP contribution is -2.03. The van der Waals surface area contributed by atoms with E-state index in [-0.39, 0.29) is 12.5 Å². The number of benzene rings is 3. The number of aromatic hydroxyl groups is 1. The second kappa shape index (κ2) is 7.48. The second-order valence-corrected chi connectivity index (χ2v) is 6.78. The summed E-state index contributed by atoms with van der Waals surface area (Å²) in [4.78, 5) is 4.79. The van der Waals surface area contributed by atoms with E-state index in [0.717, 1.165) is 17.0 Å². The molecule has 2 heterocycles.